The van der Waals surface area contributed by atoms with Crippen LogP contribution in [-0.4, -0.2) is 65.0 Å². The van der Waals surface area contributed by atoms with Crippen LogP contribution in [0.2, 0.25) is 0 Å². The lowest BCUT2D eigenvalue weighted by atomic mass is 9.83. The second-order valence-corrected chi connectivity index (χ2v) is 7.98. The van der Waals surface area contributed by atoms with Crippen LogP contribution in [0.25, 0.3) is 0 Å². The standard InChI is InChI=1S/C21H24N2O5/c1-13-16(14-8-6-5-7-9-14)23(19(26)22(13)3)17-15(24)12-20(2)10-11-21(17,28-20)18(25)27-4/h5-11,13,16-17H,12H2,1-4H3. The number of nitrogens with zero attached hydrogens (tertiary/aromatic N) is 2. The van der Waals surface area contributed by atoms with Gasteiger partial charge in [-0.1, -0.05) is 36.4 Å². The SMILES string of the molecule is COC(=O)C12C=CC(C)(CC(=O)C1N1C(=O)N(C)C(C)C1c1ccccc1)O2. The predicted molar refractivity (Wildman–Crippen MR) is 100 cm³/mol. The summed E-state index contributed by atoms with van der Waals surface area (Å²) in [6.07, 6.45) is 3.41. The van der Waals surface area contributed by atoms with Crippen molar-refractivity contribution < 1.29 is 23.9 Å². The van der Waals surface area contributed by atoms with Crippen LogP contribution in [0.5, 0.6) is 0 Å². The molecule has 0 aliphatic carbocycles. The number of ketones is 1. The summed E-state index contributed by atoms with van der Waals surface area (Å²) in [5, 5.41) is 0. The van der Waals surface area contributed by atoms with E-state index in [1.165, 1.54) is 12.0 Å². The molecular weight excluding hydrogens is 360 g/mol. The number of amides is 2. The molecule has 5 atom stereocenters. The third kappa shape index (κ3) is 2.42. The largest absolute Gasteiger partial charge is 0.467 e. The molecular formula is C21H24N2O5. The van der Waals surface area contributed by atoms with E-state index >= 15 is 0 Å². The molecule has 1 aromatic carbocycles. The van der Waals surface area contributed by atoms with Gasteiger partial charge in [0.2, 0.25) is 5.60 Å². The maximum atomic E-state index is 13.3. The van der Waals surface area contributed by atoms with Crippen molar-refractivity contribution in [2.45, 2.75) is 49.6 Å². The van der Waals surface area contributed by atoms with Gasteiger partial charge in [-0.2, -0.15) is 0 Å². The van der Waals surface area contributed by atoms with Crippen molar-refractivity contribution in [3.63, 3.8) is 0 Å². The first-order chi connectivity index (χ1) is 13.2. The van der Waals surface area contributed by atoms with Gasteiger partial charge in [0.15, 0.2) is 5.78 Å². The average Bonchev–Trinajstić information content (AvgIpc) is 3.09. The van der Waals surface area contributed by atoms with Crippen molar-refractivity contribution in [2.24, 2.45) is 0 Å². The van der Waals surface area contributed by atoms with E-state index in [1.807, 2.05) is 37.3 Å². The van der Waals surface area contributed by atoms with Gasteiger partial charge in [0.25, 0.3) is 0 Å². The van der Waals surface area contributed by atoms with Gasteiger partial charge in [0.05, 0.1) is 24.8 Å². The van der Waals surface area contributed by atoms with E-state index in [0.717, 1.165) is 5.56 Å². The minimum atomic E-state index is -1.63. The first-order valence-corrected chi connectivity index (χ1v) is 9.36. The van der Waals surface area contributed by atoms with E-state index < -0.39 is 29.3 Å². The van der Waals surface area contributed by atoms with Crippen molar-refractivity contribution in [3.05, 3.63) is 48.0 Å². The van der Waals surface area contributed by atoms with Crippen LogP contribution in [0.3, 0.4) is 0 Å². The van der Waals surface area contributed by atoms with Crippen molar-refractivity contribution in [2.75, 3.05) is 14.2 Å². The van der Waals surface area contributed by atoms with Gasteiger partial charge in [-0.3, -0.25) is 4.79 Å². The monoisotopic (exact) mass is 384 g/mol. The first kappa shape index (κ1) is 18.7. The number of rotatable bonds is 3. The van der Waals surface area contributed by atoms with Crippen LogP contribution in [0.4, 0.5) is 4.79 Å². The molecule has 28 heavy (non-hydrogen) atoms. The third-order valence-corrected chi connectivity index (χ3v) is 6.14. The number of hydrogen-bond donors (Lipinski definition) is 0. The number of esters is 1. The Kier molecular flexibility index (Phi) is 4.12. The molecule has 1 aromatic rings. The Labute approximate surface area is 163 Å². The zero-order valence-corrected chi connectivity index (χ0v) is 16.4. The van der Waals surface area contributed by atoms with Crippen molar-refractivity contribution in [1.29, 1.82) is 0 Å². The van der Waals surface area contributed by atoms with E-state index in [-0.39, 0.29) is 24.3 Å². The molecule has 7 nitrogen and oxygen atoms in total. The Balaban J connectivity index is 1.86. The highest BCUT2D eigenvalue weighted by Gasteiger charge is 2.65. The van der Waals surface area contributed by atoms with E-state index in [4.69, 9.17) is 9.47 Å². The van der Waals surface area contributed by atoms with Crippen molar-refractivity contribution in [3.8, 4) is 0 Å². The molecule has 3 heterocycles. The minimum absolute atomic E-state index is 0.0935. The number of fused-ring (bicyclic) bond motifs is 2. The molecule has 0 saturated carbocycles. The van der Waals surface area contributed by atoms with Crippen LogP contribution in [0, 0.1) is 0 Å². The Morgan fingerprint density at radius 1 is 1.21 bits per heavy atom. The molecule has 5 unspecified atom stereocenters. The van der Waals surface area contributed by atoms with E-state index in [2.05, 4.69) is 0 Å². The van der Waals surface area contributed by atoms with Crippen LogP contribution < -0.4 is 0 Å². The summed E-state index contributed by atoms with van der Waals surface area (Å²) in [5.41, 5.74) is -1.60. The minimum Gasteiger partial charge on any atom is -0.467 e. The molecule has 3 aliphatic heterocycles. The Hall–Kier alpha value is -2.67. The van der Waals surface area contributed by atoms with Crippen LogP contribution in [0.1, 0.15) is 31.9 Å². The maximum absolute atomic E-state index is 13.3. The quantitative estimate of drug-likeness (QED) is 0.589. The number of Topliss-reactive ketones (excluding diaryl/α,β-unsaturated/α-hetero) is 1. The van der Waals surface area contributed by atoms with Gasteiger partial charge in [0.1, 0.15) is 6.04 Å². The fourth-order valence-corrected chi connectivity index (χ4v) is 4.70. The molecule has 3 aliphatic rings. The van der Waals surface area contributed by atoms with Crippen LogP contribution in [-0.2, 0) is 19.1 Å². The number of urea groups is 1. The van der Waals surface area contributed by atoms with Gasteiger partial charge in [-0.15, -0.1) is 0 Å². The number of benzene rings is 1. The molecule has 4 rings (SSSR count). The first-order valence-electron chi connectivity index (χ1n) is 9.36. The molecule has 2 fully saturated rings. The fourth-order valence-electron chi connectivity index (χ4n) is 4.70. The molecule has 7 heteroatoms. The molecule has 2 amide bonds. The second-order valence-electron chi connectivity index (χ2n) is 7.98. The number of hydrogen-bond acceptors (Lipinski definition) is 5. The number of ether oxygens (including phenoxy) is 2. The molecule has 148 valence electrons. The van der Waals surface area contributed by atoms with Crippen molar-refractivity contribution >= 4 is 17.8 Å². The number of methoxy groups -OCH3 is 1. The van der Waals surface area contributed by atoms with Crippen LogP contribution in [0.15, 0.2) is 42.5 Å². The Bertz CT molecular complexity index is 869. The molecule has 2 saturated heterocycles. The lowest BCUT2D eigenvalue weighted by molar-refractivity contribution is -0.194. The average molecular weight is 384 g/mol. The zero-order chi connectivity index (χ0) is 20.3. The predicted octanol–water partition coefficient (Wildman–Crippen LogP) is 2.08. The van der Waals surface area contributed by atoms with E-state index in [9.17, 15) is 14.4 Å². The maximum Gasteiger partial charge on any atom is 0.344 e. The Morgan fingerprint density at radius 2 is 1.89 bits per heavy atom. The second kappa shape index (κ2) is 6.17. The highest BCUT2D eigenvalue weighted by Crippen LogP contribution is 2.48. The summed E-state index contributed by atoms with van der Waals surface area (Å²) >= 11 is 0. The summed E-state index contributed by atoms with van der Waals surface area (Å²) in [7, 11) is 2.96. The fraction of sp³-hybridized carbons (Fsp3) is 0.476. The molecule has 0 spiro atoms. The van der Waals surface area contributed by atoms with Gasteiger partial charge in [0, 0.05) is 13.5 Å². The van der Waals surface area contributed by atoms with Crippen LogP contribution >= 0.6 is 0 Å². The van der Waals surface area contributed by atoms with Gasteiger partial charge in [-0.25, -0.2) is 9.59 Å². The topological polar surface area (TPSA) is 76.2 Å². The highest BCUT2D eigenvalue weighted by molar-refractivity contribution is 6.01. The number of carbonyl (C=O) groups is 3. The zero-order valence-electron chi connectivity index (χ0n) is 16.4. The summed E-state index contributed by atoms with van der Waals surface area (Å²) in [4.78, 5) is 42.4. The third-order valence-electron chi connectivity index (χ3n) is 6.14. The molecule has 0 aromatic heterocycles. The normalized spacial score (nSPS) is 36.9. The lowest BCUT2D eigenvalue weighted by Crippen LogP contribution is -2.66. The molecule has 0 radical (unpaired) electrons. The van der Waals surface area contributed by atoms with Gasteiger partial charge < -0.3 is 19.3 Å². The van der Waals surface area contributed by atoms with Gasteiger partial charge in [-0.05, 0) is 25.5 Å². The summed E-state index contributed by atoms with van der Waals surface area (Å²) in [5.74, 6) is -0.881. The number of carbonyl (C=O) groups excluding carboxylic acids is 3. The van der Waals surface area contributed by atoms with E-state index in [1.54, 1.807) is 31.0 Å². The summed E-state index contributed by atoms with van der Waals surface area (Å²) in [6.45, 7) is 3.70. The van der Waals surface area contributed by atoms with E-state index in [0.29, 0.717) is 0 Å². The lowest BCUT2D eigenvalue weighted by Gasteiger charge is -2.46. The molecule has 0 N–H and O–H groups in total. The number of likely N-dealkylation sites (N-methyl/N-ethyl adjacent to an activating group) is 1. The van der Waals surface area contributed by atoms with Gasteiger partial charge >= 0.3 is 12.0 Å². The van der Waals surface area contributed by atoms with Crippen molar-refractivity contribution in [1.82, 2.24) is 9.80 Å². The summed E-state index contributed by atoms with van der Waals surface area (Å²) in [6, 6.07) is 7.56. The Morgan fingerprint density at radius 3 is 2.54 bits per heavy atom. The summed E-state index contributed by atoms with van der Waals surface area (Å²) < 4.78 is 11.1. The smallest absolute Gasteiger partial charge is 0.344 e. The molecule has 2 bridgehead atoms. The highest BCUT2D eigenvalue weighted by atomic mass is 16.6.